The minimum Gasteiger partial charge on any atom is -0.505 e. The lowest BCUT2D eigenvalue weighted by molar-refractivity contribution is -0.274. The number of aliphatic hydroxyl groups excluding tert-OH is 1. The molecule has 4 rings (SSSR count). The van der Waals surface area contributed by atoms with E-state index in [0.717, 1.165) is 36.4 Å². The number of sulfonamides is 1. The number of hydrogen-bond donors (Lipinski definition) is 2. The Labute approximate surface area is 207 Å². The van der Waals surface area contributed by atoms with Crippen molar-refractivity contribution in [2.45, 2.75) is 11.3 Å². The smallest absolute Gasteiger partial charge is 0.505 e. The second-order valence-corrected chi connectivity index (χ2v) is 9.50. The van der Waals surface area contributed by atoms with Gasteiger partial charge in [-0.1, -0.05) is 30.3 Å². The van der Waals surface area contributed by atoms with Gasteiger partial charge in [-0.3, -0.25) is 9.59 Å². The van der Waals surface area contributed by atoms with E-state index in [1.807, 2.05) is 0 Å². The lowest BCUT2D eigenvalue weighted by Crippen LogP contribution is -2.43. The van der Waals surface area contributed by atoms with Crippen molar-refractivity contribution in [3.05, 3.63) is 95.4 Å². The van der Waals surface area contributed by atoms with E-state index in [1.165, 1.54) is 36.4 Å². The Morgan fingerprint density at radius 2 is 1.70 bits per heavy atom. The van der Waals surface area contributed by atoms with Gasteiger partial charge < -0.3 is 15.2 Å². The number of alkyl halides is 3. The predicted molar refractivity (Wildman–Crippen MR) is 122 cm³/mol. The molecule has 37 heavy (non-hydrogen) atoms. The first-order valence-electron chi connectivity index (χ1n) is 10.4. The molecule has 0 bridgehead atoms. The number of Topliss-reactive ketones (excluding diaryl/α,β-unsaturated/α-hetero) is 1. The fourth-order valence-corrected chi connectivity index (χ4v) is 5.25. The maximum atomic E-state index is 13.8. The van der Waals surface area contributed by atoms with E-state index in [-0.39, 0.29) is 16.8 Å². The standard InChI is InChI=1S/C24H16F4N2O6S/c25-15-6-3-5-14(11-15)22(32)21-23(33)18-9-1-2-10-19(18)37(34,35)30(21)13-20(31)29-16-7-4-8-17(12-16)36-24(26,27)28/h1-12,32H,13H2,(H,29,31)/b22-21+. The first-order chi connectivity index (χ1) is 17.4. The summed E-state index contributed by atoms with van der Waals surface area (Å²) in [6, 6.07) is 13.8. The Morgan fingerprint density at radius 3 is 2.41 bits per heavy atom. The van der Waals surface area contributed by atoms with Crippen LogP contribution in [0.2, 0.25) is 0 Å². The van der Waals surface area contributed by atoms with E-state index in [9.17, 15) is 40.7 Å². The van der Waals surface area contributed by atoms with Crippen LogP contribution >= 0.6 is 0 Å². The highest BCUT2D eigenvalue weighted by molar-refractivity contribution is 7.89. The molecule has 3 aromatic rings. The highest BCUT2D eigenvalue weighted by atomic mass is 32.2. The van der Waals surface area contributed by atoms with Crippen molar-refractivity contribution < 1.29 is 45.4 Å². The van der Waals surface area contributed by atoms with Crippen LogP contribution in [-0.2, 0) is 14.8 Å². The van der Waals surface area contributed by atoms with Crippen molar-refractivity contribution in [1.82, 2.24) is 4.31 Å². The van der Waals surface area contributed by atoms with Crippen LogP contribution in [0.4, 0.5) is 23.2 Å². The van der Waals surface area contributed by atoms with Crippen molar-refractivity contribution >= 4 is 33.2 Å². The molecule has 2 N–H and O–H groups in total. The van der Waals surface area contributed by atoms with Crippen molar-refractivity contribution in [3.63, 3.8) is 0 Å². The lowest BCUT2D eigenvalue weighted by Gasteiger charge is -2.31. The molecule has 1 amide bonds. The summed E-state index contributed by atoms with van der Waals surface area (Å²) in [7, 11) is -4.58. The number of rotatable bonds is 5. The summed E-state index contributed by atoms with van der Waals surface area (Å²) in [5.41, 5.74) is -1.45. The number of nitrogens with zero attached hydrogens (tertiary/aromatic N) is 1. The molecule has 192 valence electrons. The first-order valence-corrected chi connectivity index (χ1v) is 11.8. The van der Waals surface area contributed by atoms with Gasteiger partial charge in [0.25, 0.3) is 10.0 Å². The molecule has 0 aromatic heterocycles. The molecular formula is C24H16F4N2O6S. The van der Waals surface area contributed by atoms with E-state index in [1.54, 1.807) is 0 Å². The predicted octanol–water partition coefficient (Wildman–Crippen LogP) is 4.48. The van der Waals surface area contributed by atoms with Gasteiger partial charge in [-0.05, 0) is 36.4 Å². The third kappa shape index (κ3) is 5.40. The second-order valence-electron chi connectivity index (χ2n) is 7.67. The van der Waals surface area contributed by atoms with Crippen LogP contribution in [0.1, 0.15) is 15.9 Å². The fourth-order valence-electron chi connectivity index (χ4n) is 3.62. The van der Waals surface area contributed by atoms with E-state index in [2.05, 4.69) is 10.1 Å². The quantitative estimate of drug-likeness (QED) is 0.283. The van der Waals surface area contributed by atoms with Crippen LogP contribution in [0.15, 0.2) is 83.4 Å². The molecular weight excluding hydrogens is 520 g/mol. The van der Waals surface area contributed by atoms with Crippen molar-refractivity contribution in [1.29, 1.82) is 0 Å². The molecule has 0 saturated carbocycles. The Bertz CT molecular complexity index is 1540. The summed E-state index contributed by atoms with van der Waals surface area (Å²) in [5.74, 6) is -4.30. The van der Waals surface area contributed by atoms with Gasteiger partial charge in [0, 0.05) is 22.9 Å². The summed E-state index contributed by atoms with van der Waals surface area (Å²) >= 11 is 0. The molecule has 8 nitrogen and oxygen atoms in total. The van der Waals surface area contributed by atoms with Crippen molar-refractivity contribution in [2.75, 3.05) is 11.9 Å². The van der Waals surface area contributed by atoms with Crippen LogP contribution in [0.25, 0.3) is 5.76 Å². The molecule has 13 heteroatoms. The average Bonchev–Trinajstić information content (AvgIpc) is 2.82. The van der Waals surface area contributed by atoms with Crippen LogP contribution < -0.4 is 10.1 Å². The number of aliphatic hydroxyl groups is 1. The minimum atomic E-state index is -4.98. The van der Waals surface area contributed by atoms with Gasteiger partial charge in [0.15, 0.2) is 5.76 Å². The molecule has 3 aromatic carbocycles. The van der Waals surface area contributed by atoms with Crippen LogP contribution in [-0.4, -0.2) is 42.4 Å². The molecule has 0 saturated heterocycles. The number of amides is 1. The van der Waals surface area contributed by atoms with Crippen molar-refractivity contribution in [2.24, 2.45) is 0 Å². The normalized spacial score (nSPS) is 16.1. The number of anilines is 1. The molecule has 0 unspecified atom stereocenters. The van der Waals surface area contributed by atoms with Gasteiger partial charge in [-0.2, -0.15) is 0 Å². The third-order valence-corrected chi connectivity index (χ3v) is 6.93. The van der Waals surface area contributed by atoms with E-state index in [0.29, 0.717) is 4.31 Å². The fraction of sp³-hybridized carbons (Fsp3) is 0.0833. The second kappa shape index (κ2) is 9.58. The molecule has 0 aliphatic carbocycles. The monoisotopic (exact) mass is 536 g/mol. The molecule has 0 atom stereocenters. The minimum absolute atomic E-state index is 0.159. The highest BCUT2D eigenvalue weighted by Crippen LogP contribution is 2.35. The largest absolute Gasteiger partial charge is 0.573 e. The van der Waals surface area contributed by atoms with Gasteiger partial charge in [-0.15, -0.1) is 13.2 Å². The zero-order valence-electron chi connectivity index (χ0n) is 18.5. The molecule has 0 fully saturated rings. The summed E-state index contributed by atoms with van der Waals surface area (Å²) in [5, 5.41) is 13.1. The summed E-state index contributed by atoms with van der Waals surface area (Å²) < 4.78 is 82.2. The SMILES string of the molecule is O=C(CN1/C(=C(/O)c2cccc(F)c2)C(=O)c2ccccc2S1(=O)=O)Nc1cccc(OC(F)(F)F)c1. The number of hydrogen-bond acceptors (Lipinski definition) is 6. The number of fused-ring (bicyclic) bond motifs is 1. The number of benzene rings is 3. The lowest BCUT2D eigenvalue weighted by atomic mass is 10.0. The Kier molecular flexibility index (Phi) is 6.65. The van der Waals surface area contributed by atoms with Gasteiger partial charge >= 0.3 is 6.36 Å². The highest BCUT2D eigenvalue weighted by Gasteiger charge is 2.42. The van der Waals surface area contributed by atoms with Gasteiger partial charge in [0.2, 0.25) is 11.7 Å². The number of ether oxygens (including phenoxy) is 1. The Hall–Kier alpha value is -4.39. The topological polar surface area (TPSA) is 113 Å². The Balaban J connectivity index is 1.74. The number of ketones is 1. The number of carbonyl (C=O) groups is 2. The van der Waals surface area contributed by atoms with Crippen LogP contribution in [0, 0.1) is 5.82 Å². The van der Waals surface area contributed by atoms with Gasteiger partial charge in [-0.25, -0.2) is 17.1 Å². The van der Waals surface area contributed by atoms with Crippen LogP contribution in [0.5, 0.6) is 5.75 Å². The molecule has 1 heterocycles. The Morgan fingerprint density at radius 1 is 1.00 bits per heavy atom. The summed E-state index contributed by atoms with van der Waals surface area (Å²) in [6.07, 6.45) is -4.98. The summed E-state index contributed by atoms with van der Waals surface area (Å²) in [4.78, 5) is 25.6. The molecule has 1 aliphatic rings. The molecule has 0 spiro atoms. The number of halogens is 4. The summed E-state index contributed by atoms with van der Waals surface area (Å²) in [6.45, 7) is -1.04. The molecule has 1 aliphatic heterocycles. The molecule has 0 radical (unpaired) electrons. The average molecular weight is 536 g/mol. The van der Waals surface area contributed by atoms with Crippen molar-refractivity contribution in [3.8, 4) is 5.75 Å². The van der Waals surface area contributed by atoms with Gasteiger partial charge in [0.05, 0.1) is 4.90 Å². The maximum absolute atomic E-state index is 13.8. The van der Waals surface area contributed by atoms with E-state index < -0.39 is 62.5 Å². The first kappa shape index (κ1) is 25.7. The maximum Gasteiger partial charge on any atom is 0.573 e. The van der Waals surface area contributed by atoms with Gasteiger partial charge in [0.1, 0.15) is 23.8 Å². The zero-order valence-corrected chi connectivity index (χ0v) is 19.3. The zero-order chi connectivity index (χ0) is 27.0. The number of allylic oxidation sites excluding steroid dienone is 1. The third-order valence-electron chi connectivity index (χ3n) is 5.13. The van der Waals surface area contributed by atoms with E-state index >= 15 is 0 Å². The van der Waals surface area contributed by atoms with E-state index in [4.69, 9.17) is 0 Å². The number of carbonyl (C=O) groups excluding carboxylic acids is 2. The van der Waals surface area contributed by atoms with Crippen LogP contribution in [0.3, 0.4) is 0 Å². The number of nitrogens with one attached hydrogen (secondary N) is 1.